The fraction of sp³-hybridized carbons (Fsp3) is 0.333. The average molecular weight is 401 g/mol. The SMILES string of the molecule is O=[N+]([O-])c1ccc(Cl)cc1C[NH+]1CCN(c2cccc(C(F)(F)F)c2)CC1. The van der Waals surface area contributed by atoms with Crippen molar-refractivity contribution in [3.63, 3.8) is 0 Å². The van der Waals surface area contributed by atoms with Crippen LogP contribution in [0.15, 0.2) is 42.5 Å². The average Bonchev–Trinajstić information content (AvgIpc) is 2.61. The number of alkyl halides is 3. The van der Waals surface area contributed by atoms with Crippen LogP contribution in [0.5, 0.6) is 0 Å². The predicted molar refractivity (Wildman–Crippen MR) is 96.2 cm³/mol. The molecule has 0 amide bonds. The molecule has 0 aliphatic carbocycles. The summed E-state index contributed by atoms with van der Waals surface area (Å²) < 4.78 is 38.7. The van der Waals surface area contributed by atoms with Gasteiger partial charge in [0.05, 0.1) is 42.2 Å². The minimum Gasteiger partial charge on any atom is -0.360 e. The number of hydrogen-bond acceptors (Lipinski definition) is 3. The third-order valence-corrected chi connectivity index (χ3v) is 4.92. The molecular formula is C18H18ClF3N3O2+. The van der Waals surface area contributed by atoms with Gasteiger partial charge in [-0.3, -0.25) is 10.1 Å². The van der Waals surface area contributed by atoms with Crippen molar-refractivity contribution in [1.29, 1.82) is 0 Å². The second kappa shape index (κ2) is 7.74. The Bertz CT molecular complexity index is 837. The first kappa shape index (κ1) is 19.4. The number of rotatable bonds is 4. The fourth-order valence-electron chi connectivity index (χ4n) is 3.28. The topological polar surface area (TPSA) is 50.8 Å². The van der Waals surface area contributed by atoms with Crippen LogP contribution in [0.25, 0.3) is 0 Å². The summed E-state index contributed by atoms with van der Waals surface area (Å²) >= 11 is 5.96. The first-order valence-electron chi connectivity index (χ1n) is 8.42. The third-order valence-electron chi connectivity index (χ3n) is 4.69. The van der Waals surface area contributed by atoms with Crippen LogP contribution in [0.3, 0.4) is 0 Å². The molecule has 3 rings (SSSR count). The second-order valence-corrected chi connectivity index (χ2v) is 6.93. The first-order valence-corrected chi connectivity index (χ1v) is 8.80. The Morgan fingerprint density at radius 2 is 1.85 bits per heavy atom. The molecule has 1 aliphatic rings. The van der Waals surface area contributed by atoms with Crippen molar-refractivity contribution in [2.24, 2.45) is 0 Å². The largest absolute Gasteiger partial charge is 0.416 e. The molecule has 2 aromatic carbocycles. The Labute approximate surface area is 159 Å². The van der Waals surface area contributed by atoms with Crippen LogP contribution in [0, 0.1) is 10.1 Å². The molecule has 9 heteroatoms. The zero-order valence-corrected chi connectivity index (χ0v) is 15.1. The molecule has 0 saturated carbocycles. The standard InChI is InChI=1S/C18H17ClF3N3O2/c19-15-4-5-17(25(26)27)13(10-15)12-23-6-8-24(9-7-23)16-3-1-2-14(11-16)18(20,21)22/h1-5,10-11H,6-9,12H2/p+1. The number of piperazine rings is 1. The molecule has 5 nitrogen and oxygen atoms in total. The Morgan fingerprint density at radius 1 is 1.15 bits per heavy atom. The highest BCUT2D eigenvalue weighted by Gasteiger charge is 2.31. The molecule has 0 aromatic heterocycles. The van der Waals surface area contributed by atoms with Gasteiger partial charge in [-0.2, -0.15) is 13.2 Å². The lowest BCUT2D eigenvalue weighted by Gasteiger charge is -2.34. The summed E-state index contributed by atoms with van der Waals surface area (Å²) in [4.78, 5) is 13.8. The van der Waals surface area contributed by atoms with E-state index in [4.69, 9.17) is 11.6 Å². The maximum atomic E-state index is 12.9. The molecule has 0 spiro atoms. The molecule has 0 unspecified atom stereocenters. The van der Waals surface area contributed by atoms with Gasteiger partial charge in [-0.05, 0) is 30.3 Å². The maximum Gasteiger partial charge on any atom is 0.416 e. The van der Waals surface area contributed by atoms with E-state index >= 15 is 0 Å². The molecule has 1 N–H and O–H groups in total. The number of quaternary nitrogens is 1. The van der Waals surface area contributed by atoms with Gasteiger partial charge >= 0.3 is 6.18 Å². The summed E-state index contributed by atoms with van der Waals surface area (Å²) in [6, 6.07) is 9.79. The highest BCUT2D eigenvalue weighted by Crippen LogP contribution is 2.31. The molecule has 0 radical (unpaired) electrons. The molecule has 2 aromatic rings. The van der Waals surface area contributed by atoms with Gasteiger partial charge in [0.15, 0.2) is 0 Å². The van der Waals surface area contributed by atoms with Crippen LogP contribution >= 0.6 is 11.6 Å². The lowest BCUT2D eigenvalue weighted by atomic mass is 10.1. The second-order valence-electron chi connectivity index (χ2n) is 6.49. The van der Waals surface area contributed by atoms with Crippen LogP contribution in [-0.2, 0) is 12.7 Å². The van der Waals surface area contributed by atoms with Gasteiger partial charge in [-0.1, -0.05) is 17.7 Å². The van der Waals surface area contributed by atoms with Gasteiger partial charge < -0.3 is 9.80 Å². The van der Waals surface area contributed by atoms with Gasteiger partial charge in [-0.15, -0.1) is 0 Å². The minimum absolute atomic E-state index is 0.0345. The van der Waals surface area contributed by atoms with E-state index < -0.39 is 16.7 Å². The van der Waals surface area contributed by atoms with Crippen LogP contribution in [0.4, 0.5) is 24.5 Å². The molecule has 1 saturated heterocycles. The Morgan fingerprint density at radius 3 is 2.48 bits per heavy atom. The highest BCUT2D eigenvalue weighted by molar-refractivity contribution is 6.30. The molecule has 0 atom stereocenters. The van der Waals surface area contributed by atoms with E-state index in [1.165, 1.54) is 18.2 Å². The zero-order valence-electron chi connectivity index (χ0n) is 14.3. The van der Waals surface area contributed by atoms with Gasteiger partial charge in [0, 0.05) is 16.8 Å². The smallest absolute Gasteiger partial charge is 0.360 e. The normalized spacial score (nSPS) is 15.8. The number of nitro groups is 1. The summed E-state index contributed by atoms with van der Waals surface area (Å²) in [5.74, 6) is 0. The van der Waals surface area contributed by atoms with Crippen molar-refractivity contribution in [3.8, 4) is 0 Å². The van der Waals surface area contributed by atoms with Crippen molar-refractivity contribution in [1.82, 2.24) is 0 Å². The van der Waals surface area contributed by atoms with Crippen molar-refractivity contribution in [2.75, 3.05) is 31.1 Å². The van der Waals surface area contributed by atoms with Gasteiger partial charge in [0.1, 0.15) is 6.54 Å². The quantitative estimate of drug-likeness (QED) is 0.633. The first-order chi connectivity index (χ1) is 12.7. The Kier molecular flexibility index (Phi) is 5.57. The number of anilines is 1. The van der Waals surface area contributed by atoms with E-state index in [-0.39, 0.29) is 5.69 Å². The molecule has 27 heavy (non-hydrogen) atoms. The van der Waals surface area contributed by atoms with E-state index in [9.17, 15) is 23.3 Å². The molecular weight excluding hydrogens is 383 g/mol. The number of hydrogen-bond donors (Lipinski definition) is 1. The van der Waals surface area contributed by atoms with Crippen molar-refractivity contribution < 1.29 is 23.0 Å². The van der Waals surface area contributed by atoms with E-state index in [0.717, 1.165) is 17.0 Å². The highest BCUT2D eigenvalue weighted by atomic mass is 35.5. The maximum absolute atomic E-state index is 12.9. The van der Waals surface area contributed by atoms with Crippen molar-refractivity contribution in [2.45, 2.75) is 12.7 Å². The number of benzene rings is 2. The monoisotopic (exact) mass is 400 g/mol. The molecule has 0 bridgehead atoms. The minimum atomic E-state index is -4.37. The zero-order chi connectivity index (χ0) is 19.6. The Hall–Kier alpha value is -2.32. The predicted octanol–water partition coefficient (Wildman–Crippen LogP) is 3.17. The summed E-state index contributed by atoms with van der Waals surface area (Å²) in [5.41, 5.74) is 0.476. The molecule has 1 fully saturated rings. The summed E-state index contributed by atoms with van der Waals surface area (Å²) in [6.07, 6.45) is -4.37. The molecule has 1 heterocycles. The third kappa shape index (κ3) is 4.70. The summed E-state index contributed by atoms with van der Waals surface area (Å²) in [5, 5.41) is 11.6. The van der Waals surface area contributed by atoms with Crippen molar-refractivity contribution >= 4 is 23.0 Å². The van der Waals surface area contributed by atoms with Crippen LogP contribution in [0.1, 0.15) is 11.1 Å². The number of nitrogens with one attached hydrogen (secondary N) is 1. The lowest BCUT2D eigenvalue weighted by Crippen LogP contribution is -3.13. The Balaban J connectivity index is 1.67. The van der Waals surface area contributed by atoms with Gasteiger partial charge in [0.25, 0.3) is 5.69 Å². The van der Waals surface area contributed by atoms with E-state index in [0.29, 0.717) is 49.0 Å². The van der Waals surface area contributed by atoms with Gasteiger partial charge in [0.2, 0.25) is 0 Å². The summed E-state index contributed by atoms with van der Waals surface area (Å²) in [6.45, 7) is 2.93. The van der Waals surface area contributed by atoms with Gasteiger partial charge in [-0.25, -0.2) is 0 Å². The van der Waals surface area contributed by atoms with Crippen LogP contribution < -0.4 is 9.80 Å². The fourth-order valence-corrected chi connectivity index (χ4v) is 3.47. The van der Waals surface area contributed by atoms with Crippen molar-refractivity contribution in [3.05, 3.63) is 68.7 Å². The molecule has 144 valence electrons. The summed E-state index contributed by atoms with van der Waals surface area (Å²) in [7, 11) is 0. The number of halogens is 4. The van der Waals surface area contributed by atoms with Crippen LogP contribution in [0.2, 0.25) is 5.02 Å². The lowest BCUT2D eigenvalue weighted by molar-refractivity contribution is -0.914. The number of nitrogens with zero attached hydrogens (tertiary/aromatic N) is 2. The van der Waals surface area contributed by atoms with E-state index in [1.54, 1.807) is 12.1 Å². The number of nitro benzene ring substituents is 1. The molecule has 1 aliphatic heterocycles. The van der Waals surface area contributed by atoms with E-state index in [2.05, 4.69) is 0 Å². The van der Waals surface area contributed by atoms with E-state index in [1.807, 2.05) is 4.90 Å². The van der Waals surface area contributed by atoms with Crippen LogP contribution in [-0.4, -0.2) is 31.1 Å².